The molecule has 1 fully saturated rings. The largest absolute Gasteiger partial charge is 0.493 e. The number of methoxy groups -OCH3 is 1. The summed E-state index contributed by atoms with van der Waals surface area (Å²) < 4.78 is 11.9. The lowest BCUT2D eigenvalue weighted by molar-refractivity contribution is -0.0306. The summed E-state index contributed by atoms with van der Waals surface area (Å²) in [6.45, 7) is 3.70. The van der Waals surface area contributed by atoms with E-state index in [1.807, 2.05) is 18.2 Å². The number of hydrogen-bond acceptors (Lipinski definition) is 5. The number of fused-ring (bicyclic) bond motifs is 1. The number of rotatable bonds is 7. The molecular formula is C16H19NO4S. The number of hydrogen-bond donors (Lipinski definition) is 1. The van der Waals surface area contributed by atoms with Gasteiger partial charge in [0, 0.05) is 31.4 Å². The topological polar surface area (TPSA) is 59.0 Å². The molecule has 0 saturated carbocycles. The molecule has 3 rings (SSSR count). The van der Waals surface area contributed by atoms with E-state index in [0.29, 0.717) is 17.6 Å². The molecule has 1 aromatic carbocycles. The number of benzene rings is 1. The van der Waals surface area contributed by atoms with Gasteiger partial charge in [0.05, 0.1) is 12.7 Å². The molecule has 0 bridgehead atoms. The Morgan fingerprint density at radius 3 is 2.95 bits per heavy atom. The number of thiophene rings is 1. The van der Waals surface area contributed by atoms with Crippen molar-refractivity contribution in [3.8, 4) is 5.75 Å². The van der Waals surface area contributed by atoms with Crippen molar-refractivity contribution < 1.29 is 19.4 Å². The van der Waals surface area contributed by atoms with E-state index in [1.54, 1.807) is 13.2 Å². The van der Waals surface area contributed by atoms with Gasteiger partial charge in [-0.05, 0) is 36.1 Å². The third-order valence-electron chi connectivity index (χ3n) is 3.85. The second kappa shape index (κ2) is 6.64. The van der Waals surface area contributed by atoms with E-state index in [0.717, 1.165) is 41.9 Å². The van der Waals surface area contributed by atoms with Gasteiger partial charge in [0.1, 0.15) is 10.6 Å². The van der Waals surface area contributed by atoms with Gasteiger partial charge in [-0.2, -0.15) is 0 Å². The summed E-state index contributed by atoms with van der Waals surface area (Å²) in [4.78, 5) is 13.7. The van der Waals surface area contributed by atoms with Crippen molar-refractivity contribution in [2.45, 2.75) is 12.5 Å². The minimum Gasteiger partial charge on any atom is -0.493 e. The summed E-state index contributed by atoms with van der Waals surface area (Å²) in [6.07, 6.45) is 1.37. The Bertz CT molecular complexity index is 663. The first-order chi connectivity index (χ1) is 10.7. The standard InChI is InChI=1S/C16H19NO4S/c1-20-13-9-17(10-13)5-2-6-21-12-4-3-11-7-15(16(18)19)22-14(11)8-12/h3-4,7-8,13H,2,5-6,9-10H2,1H3,(H,18,19). The molecule has 2 heterocycles. The normalized spacial score (nSPS) is 15.9. The molecule has 1 aromatic heterocycles. The smallest absolute Gasteiger partial charge is 0.345 e. The molecule has 118 valence electrons. The number of nitrogens with zero attached hydrogens (tertiary/aromatic N) is 1. The van der Waals surface area contributed by atoms with Crippen LogP contribution in [0.15, 0.2) is 24.3 Å². The van der Waals surface area contributed by atoms with Crippen molar-refractivity contribution in [2.24, 2.45) is 0 Å². The maximum absolute atomic E-state index is 11.0. The highest BCUT2D eigenvalue weighted by Gasteiger charge is 2.25. The number of carbonyl (C=O) groups is 1. The van der Waals surface area contributed by atoms with E-state index in [-0.39, 0.29) is 0 Å². The minimum absolute atomic E-state index is 0.359. The predicted octanol–water partition coefficient (Wildman–Crippen LogP) is 2.70. The highest BCUT2D eigenvalue weighted by Crippen LogP contribution is 2.29. The molecule has 0 aliphatic carbocycles. The number of ether oxygens (including phenoxy) is 2. The fourth-order valence-corrected chi connectivity index (χ4v) is 3.47. The van der Waals surface area contributed by atoms with Crippen molar-refractivity contribution in [1.29, 1.82) is 0 Å². The molecule has 0 amide bonds. The van der Waals surface area contributed by atoms with Crippen LogP contribution in [0, 0.1) is 0 Å². The number of carboxylic acids is 1. The third-order valence-corrected chi connectivity index (χ3v) is 4.93. The molecule has 1 saturated heterocycles. The molecule has 6 heteroatoms. The van der Waals surface area contributed by atoms with Crippen LogP contribution in [0.4, 0.5) is 0 Å². The van der Waals surface area contributed by atoms with Crippen LogP contribution in [0.25, 0.3) is 10.1 Å². The summed E-state index contributed by atoms with van der Waals surface area (Å²) in [5.74, 6) is -0.0859. The average molecular weight is 321 g/mol. The SMILES string of the molecule is COC1CN(CCCOc2ccc3cc(C(=O)O)sc3c2)C1. The van der Waals surface area contributed by atoms with Gasteiger partial charge >= 0.3 is 5.97 Å². The van der Waals surface area contributed by atoms with Crippen LogP contribution in [0.3, 0.4) is 0 Å². The quantitative estimate of drug-likeness (QED) is 0.795. The van der Waals surface area contributed by atoms with Crippen LogP contribution in [0.5, 0.6) is 5.75 Å². The van der Waals surface area contributed by atoms with Crippen molar-refractivity contribution in [3.63, 3.8) is 0 Å². The Morgan fingerprint density at radius 2 is 2.23 bits per heavy atom. The average Bonchev–Trinajstić information content (AvgIpc) is 2.88. The van der Waals surface area contributed by atoms with E-state index >= 15 is 0 Å². The summed E-state index contributed by atoms with van der Waals surface area (Å²) in [5, 5.41) is 9.96. The summed E-state index contributed by atoms with van der Waals surface area (Å²) in [7, 11) is 1.75. The van der Waals surface area contributed by atoms with Crippen molar-refractivity contribution in [3.05, 3.63) is 29.1 Å². The van der Waals surface area contributed by atoms with Gasteiger partial charge < -0.3 is 14.6 Å². The van der Waals surface area contributed by atoms with Crippen molar-refractivity contribution >= 4 is 27.4 Å². The zero-order valence-electron chi connectivity index (χ0n) is 12.4. The van der Waals surface area contributed by atoms with Crippen LogP contribution in [0.2, 0.25) is 0 Å². The maximum Gasteiger partial charge on any atom is 0.345 e. The van der Waals surface area contributed by atoms with E-state index in [9.17, 15) is 4.79 Å². The fraction of sp³-hybridized carbons (Fsp3) is 0.438. The van der Waals surface area contributed by atoms with Gasteiger partial charge in [0.25, 0.3) is 0 Å². The van der Waals surface area contributed by atoms with Crippen LogP contribution < -0.4 is 4.74 Å². The van der Waals surface area contributed by atoms with Gasteiger partial charge in [-0.1, -0.05) is 0 Å². The third kappa shape index (κ3) is 3.40. The maximum atomic E-state index is 11.0. The monoisotopic (exact) mass is 321 g/mol. The van der Waals surface area contributed by atoms with Gasteiger partial charge in [-0.3, -0.25) is 4.90 Å². The first-order valence-electron chi connectivity index (χ1n) is 7.30. The van der Waals surface area contributed by atoms with E-state index in [1.165, 1.54) is 11.3 Å². The Morgan fingerprint density at radius 1 is 1.41 bits per heavy atom. The first kappa shape index (κ1) is 15.3. The highest BCUT2D eigenvalue weighted by atomic mass is 32.1. The Labute approximate surface area is 133 Å². The summed E-state index contributed by atoms with van der Waals surface area (Å²) in [6, 6.07) is 7.41. The van der Waals surface area contributed by atoms with Gasteiger partial charge in [-0.15, -0.1) is 11.3 Å². The van der Waals surface area contributed by atoms with Crippen LogP contribution in [-0.4, -0.2) is 55.4 Å². The summed E-state index contributed by atoms with van der Waals surface area (Å²) >= 11 is 1.28. The van der Waals surface area contributed by atoms with Crippen LogP contribution in [0.1, 0.15) is 16.1 Å². The molecule has 0 unspecified atom stereocenters. The lowest BCUT2D eigenvalue weighted by Gasteiger charge is -2.38. The van der Waals surface area contributed by atoms with Crippen LogP contribution in [-0.2, 0) is 4.74 Å². The molecule has 1 aliphatic heterocycles. The van der Waals surface area contributed by atoms with Gasteiger partial charge in [0.2, 0.25) is 0 Å². The van der Waals surface area contributed by atoms with Gasteiger partial charge in [-0.25, -0.2) is 4.79 Å². The summed E-state index contributed by atoms with van der Waals surface area (Å²) in [5.41, 5.74) is 0. The second-order valence-corrected chi connectivity index (χ2v) is 6.52. The lowest BCUT2D eigenvalue weighted by atomic mass is 10.1. The zero-order valence-corrected chi connectivity index (χ0v) is 13.3. The molecule has 0 radical (unpaired) electrons. The predicted molar refractivity (Wildman–Crippen MR) is 86.1 cm³/mol. The second-order valence-electron chi connectivity index (χ2n) is 5.43. The van der Waals surface area contributed by atoms with Crippen molar-refractivity contribution in [2.75, 3.05) is 33.4 Å². The number of carboxylic acid groups (broad SMARTS) is 1. The van der Waals surface area contributed by atoms with Gasteiger partial charge in [0.15, 0.2) is 0 Å². The Hall–Kier alpha value is -1.63. The van der Waals surface area contributed by atoms with E-state index < -0.39 is 5.97 Å². The number of aromatic carboxylic acids is 1. The first-order valence-corrected chi connectivity index (χ1v) is 8.12. The molecule has 1 aliphatic rings. The molecular weight excluding hydrogens is 302 g/mol. The lowest BCUT2D eigenvalue weighted by Crippen LogP contribution is -2.51. The molecule has 22 heavy (non-hydrogen) atoms. The molecule has 2 aromatic rings. The molecule has 0 spiro atoms. The minimum atomic E-state index is -0.882. The number of likely N-dealkylation sites (tertiary alicyclic amines) is 1. The molecule has 5 nitrogen and oxygen atoms in total. The van der Waals surface area contributed by atoms with Crippen LogP contribution >= 0.6 is 11.3 Å². The van der Waals surface area contributed by atoms with E-state index in [2.05, 4.69) is 4.90 Å². The molecule has 1 N–H and O–H groups in total. The molecule has 0 atom stereocenters. The fourth-order valence-electron chi connectivity index (χ4n) is 2.54. The van der Waals surface area contributed by atoms with E-state index in [4.69, 9.17) is 14.6 Å². The van der Waals surface area contributed by atoms with Crippen molar-refractivity contribution in [1.82, 2.24) is 4.90 Å². The Kier molecular flexibility index (Phi) is 4.61. The Balaban J connectivity index is 1.48. The highest BCUT2D eigenvalue weighted by molar-refractivity contribution is 7.20. The zero-order chi connectivity index (χ0) is 15.5.